The summed E-state index contributed by atoms with van der Waals surface area (Å²) < 4.78 is 43.1. The van der Waals surface area contributed by atoms with E-state index < -0.39 is 29.8 Å². The lowest BCUT2D eigenvalue weighted by molar-refractivity contribution is -0.140. The number of nitrogens with one attached hydrogen (secondary N) is 3. The number of carbonyl (C=O) groups excluding carboxylic acids is 5. The molecule has 5 N–H and O–H groups in total. The standard InChI is InChI=1S/C42H60N4O15.CH4O/c47-15-5-16-54-22-26-59-28-24-57-19-12-43-38(48)30-46(31-39(49)44-13-20-58-25-29-60-27-23-56-18-11-41(51)52)40(50)10-17-55-21-14-45-42(53)61-32-37-35-8-3-1-6-33(35)34-7-2-4-9-36(34)37;1-2/h1-4,6-9,15,37H,5,10-14,16-32H2,(H,43,48)(H,44,49)(H,45,53)(H,51,52);2H,1H3. The van der Waals surface area contributed by atoms with E-state index in [0.29, 0.717) is 32.8 Å². The summed E-state index contributed by atoms with van der Waals surface area (Å²) in [5.74, 6) is -2.48. The highest BCUT2D eigenvalue weighted by atomic mass is 16.6. The molecule has 2 aromatic rings. The fourth-order valence-corrected chi connectivity index (χ4v) is 5.89. The van der Waals surface area contributed by atoms with Crippen molar-refractivity contribution in [3.8, 4) is 11.1 Å². The minimum absolute atomic E-state index is 0.0178. The maximum absolute atomic E-state index is 13.2. The van der Waals surface area contributed by atoms with Gasteiger partial charge >= 0.3 is 12.1 Å². The number of carboxylic acids is 1. The number of carbonyl (C=O) groups is 6. The number of hydrogen-bond acceptors (Lipinski definition) is 15. The van der Waals surface area contributed by atoms with Gasteiger partial charge in [-0.25, -0.2) is 4.79 Å². The number of rotatable bonds is 36. The topological polar surface area (TPSA) is 256 Å². The van der Waals surface area contributed by atoms with Crippen molar-refractivity contribution in [1.82, 2.24) is 20.9 Å². The molecule has 0 spiro atoms. The Bertz CT molecular complexity index is 1570. The van der Waals surface area contributed by atoms with Crippen molar-refractivity contribution in [2.75, 3.05) is 139 Å². The van der Waals surface area contributed by atoms with E-state index in [4.69, 9.17) is 48.1 Å². The maximum Gasteiger partial charge on any atom is 0.407 e. The number of aliphatic hydroxyl groups excluding tert-OH is 1. The summed E-state index contributed by atoms with van der Waals surface area (Å²) in [6, 6.07) is 16.1. The van der Waals surface area contributed by atoms with Gasteiger partial charge in [0.05, 0.1) is 105 Å². The summed E-state index contributed by atoms with van der Waals surface area (Å²) in [5, 5.41) is 23.6. The Morgan fingerprint density at radius 3 is 1.48 bits per heavy atom. The molecule has 0 aromatic heterocycles. The molecule has 63 heavy (non-hydrogen) atoms. The third kappa shape index (κ3) is 24.4. The van der Waals surface area contributed by atoms with E-state index in [0.717, 1.165) is 40.5 Å². The molecular weight excluding hydrogens is 828 g/mol. The van der Waals surface area contributed by atoms with E-state index in [-0.39, 0.29) is 124 Å². The molecule has 0 fully saturated rings. The highest BCUT2D eigenvalue weighted by Gasteiger charge is 2.29. The Kier molecular flexibility index (Phi) is 30.4. The second-order valence-corrected chi connectivity index (χ2v) is 13.3. The highest BCUT2D eigenvalue weighted by molar-refractivity contribution is 5.89. The van der Waals surface area contributed by atoms with Crippen LogP contribution in [-0.2, 0) is 61.9 Å². The number of amides is 4. The van der Waals surface area contributed by atoms with Gasteiger partial charge in [-0.1, -0.05) is 48.5 Å². The quantitative estimate of drug-likeness (QED) is 0.0468. The van der Waals surface area contributed by atoms with Crippen LogP contribution in [0.5, 0.6) is 0 Å². The summed E-state index contributed by atoms with van der Waals surface area (Å²) in [6.07, 6.45) is 0.331. The first-order valence-electron chi connectivity index (χ1n) is 20.8. The minimum Gasteiger partial charge on any atom is -0.481 e. The van der Waals surface area contributed by atoms with Crippen LogP contribution in [0.2, 0.25) is 0 Å². The second kappa shape index (κ2) is 35.4. The third-order valence-electron chi connectivity index (χ3n) is 8.81. The molecule has 20 nitrogen and oxygen atoms in total. The first kappa shape index (κ1) is 54.1. The van der Waals surface area contributed by atoms with Gasteiger partial charge in [-0.3, -0.25) is 19.2 Å². The summed E-state index contributed by atoms with van der Waals surface area (Å²) in [5.41, 5.74) is 4.47. The fourth-order valence-electron chi connectivity index (χ4n) is 5.89. The van der Waals surface area contributed by atoms with Gasteiger partial charge in [-0.05, 0) is 22.3 Å². The number of nitrogens with zero attached hydrogens (tertiary/aromatic N) is 1. The van der Waals surface area contributed by atoms with Gasteiger partial charge in [0.1, 0.15) is 26.0 Å². The first-order valence-corrected chi connectivity index (χ1v) is 20.8. The average molecular weight is 893 g/mol. The number of aliphatic hydroxyl groups is 1. The van der Waals surface area contributed by atoms with E-state index in [9.17, 15) is 28.8 Å². The van der Waals surface area contributed by atoms with Crippen LogP contribution in [0.1, 0.15) is 36.3 Å². The Hall–Kier alpha value is -5.06. The lowest BCUT2D eigenvalue weighted by atomic mass is 9.98. The van der Waals surface area contributed by atoms with Crippen molar-refractivity contribution < 1.29 is 76.9 Å². The number of benzene rings is 2. The Morgan fingerprint density at radius 1 is 0.571 bits per heavy atom. The molecule has 0 saturated heterocycles. The van der Waals surface area contributed by atoms with Crippen molar-refractivity contribution in [3.63, 3.8) is 0 Å². The molecule has 1 aliphatic rings. The SMILES string of the molecule is CO.O=CCCOCCOCCOCCNC(=O)CN(CC(=O)NCCOCCOCCOCCC(=O)O)C(=O)CCOCCNC(=O)OCC1c2ccccc2-c2ccccc21. The predicted octanol–water partition coefficient (Wildman–Crippen LogP) is 0.765. The molecule has 20 heteroatoms. The zero-order valence-electron chi connectivity index (χ0n) is 36.1. The number of fused-ring (bicyclic) bond motifs is 3. The summed E-state index contributed by atoms with van der Waals surface area (Å²) in [7, 11) is 1.00. The van der Waals surface area contributed by atoms with Crippen molar-refractivity contribution in [1.29, 1.82) is 0 Å². The van der Waals surface area contributed by atoms with Gasteiger partial charge in [-0.15, -0.1) is 0 Å². The van der Waals surface area contributed by atoms with E-state index in [1.807, 2.05) is 36.4 Å². The zero-order chi connectivity index (χ0) is 45.8. The molecule has 1 aliphatic carbocycles. The van der Waals surface area contributed by atoms with Gasteiger partial charge in [-0.2, -0.15) is 0 Å². The van der Waals surface area contributed by atoms with E-state index in [1.165, 1.54) is 0 Å². The lowest BCUT2D eigenvalue weighted by Crippen LogP contribution is -2.46. The number of ether oxygens (including phenoxy) is 8. The molecule has 0 saturated carbocycles. The van der Waals surface area contributed by atoms with Crippen LogP contribution in [0.25, 0.3) is 11.1 Å². The van der Waals surface area contributed by atoms with Crippen LogP contribution in [0.4, 0.5) is 4.79 Å². The number of aldehydes is 1. The van der Waals surface area contributed by atoms with Gasteiger partial charge in [0.2, 0.25) is 17.7 Å². The van der Waals surface area contributed by atoms with Gasteiger partial charge in [0.25, 0.3) is 0 Å². The van der Waals surface area contributed by atoms with Crippen LogP contribution in [0.15, 0.2) is 48.5 Å². The molecule has 0 radical (unpaired) electrons. The number of alkyl carbamates (subject to hydrolysis) is 1. The van der Waals surface area contributed by atoms with Crippen LogP contribution in [0.3, 0.4) is 0 Å². The monoisotopic (exact) mass is 892 g/mol. The minimum atomic E-state index is -0.934. The maximum atomic E-state index is 13.2. The van der Waals surface area contributed by atoms with Crippen LogP contribution in [-0.4, -0.2) is 190 Å². The summed E-state index contributed by atoms with van der Waals surface area (Å²) in [4.78, 5) is 73.0. The molecule has 352 valence electrons. The summed E-state index contributed by atoms with van der Waals surface area (Å²) in [6.45, 7) is 3.20. The molecule has 0 heterocycles. The van der Waals surface area contributed by atoms with E-state index in [2.05, 4.69) is 28.1 Å². The summed E-state index contributed by atoms with van der Waals surface area (Å²) >= 11 is 0. The molecule has 0 unspecified atom stereocenters. The first-order chi connectivity index (χ1) is 30.8. The molecule has 0 atom stereocenters. The third-order valence-corrected chi connectivity index (χ3v) is 8.81. The largest absolute Gasteiger partial charge is 0.481 e. The Labute approximate surface area is 368 Å². The van der Waals surface area contributed by atoms with Crippen molar-refractivity contribution in [2.24, 2.45) is 0 Å². The molecular formula is C43H64N4O16. The second-order valence-electron chi connectivity index (χ2n) is 13.3. The molecule has 3 rings (SSSR count). The van der Waals surface area contributed by atoms with Crippen molar-refractivity contribution >= 4 is 36.1 Å². The number of hydrogen-bond donors (Lipinski definition) is 5. The molecule has 0 aliphatic heterocycles. The van der Waals surface area contributed by atoms with Gasteiger partial charge in [0.15, 0.2) is 0 Å². The van der Waals surface area contributed by atoms with Crippen LogP contribution < -0.4 is 16.0 Å². The molecule has 2 aromatic carbocycles. The number of aliphatic carboxylic acids is 1. The van der Waals surface area contributed by atoms with Crippen LogP contribution >= 0.6 is 0 Å². The van der Waals surface area contributed by atoms with E-state index >= 15 is 0 Å². The van der Waals surface area contributed by atoms with Crippen molar-refractivity contribution in [2.45, 2.75) is 25.2 Å². The highest BCUT2D eigenvalue weighted by Crippen LogP contribution is 2.44. The zero-order valence-corrected chi connectivity index (χ0v) is 36.1. The van der Waals surface area contributed by atoms with E-state index in [1.54, 1.807) is 0 Å². The average Bonchev–Trinajstić information content (AvgIpc) is 3.61. The lowest BCUT2D eigenvalue weighted by Gasteiger charge is -2.22. The number of carboxylic acid groups (broad SMARTS) is 1. The Balaban J connectivity index is 0.00000672. The Morgan fingerprint density at radius 2 is 0.984 bits per heavy atom. The van der Waals surface area contributed by atoms with Gasteiger partial charge in [0, 0.05) is 39.1 Å². The van der Waals surface area contributed by atoms with Crippen molar-refractivity contribution in [3.05, 3.63) is 59.7 Å². The predicted molar refractivity (Wildman–Crippen MR) is 227 cm³/mol. The molecule has 4 amide bonds. The normalized spacial score (nSPS) is 11.4. The van der Waals surface area contributed by atoms with Crippen LogP contribution in [0, 0.1) is 0 Å². The smallest absolute Gasteiger partial charge is 0.407 e. The van der Waals surface area contributed by atoms with Gasteiger partial charge < -0.3 is 73.8 Å². The fraction of sp³-hybridized carbons (Fsp3) is 0.581. The molecule has 0 bridgehead atoms.